The number of furan rings is 1. The van der Waals surface area contributed by atoms with Gasteiger partial charge in [-0.3, -0.25) is 4.79 Å². The van der Waals surface area contributed by atoms with Crippen molar-refractivity contribution in [1.82, 2.24) is 0 Å². The number of hydrogen-bond acceptors (Lipinski definition) is 3. The number of carbonyl (C=O) groups is 1. The summed E-state index contributed by atoms with van der Waals surface area (Å²) in [5.41, 5.74) is 0. The Bertz CT molecular complexity index is 240. The lowest BCUT2D eigenvalue weighted by Gasteiger charge is -1.81. The average molecular weight is 156 g/mol. The van der Waals surface area contributed by atoms with Crippen molar-refractivity contribution in [1.29, 1.82) is 0 Å². The van der Waals surface area contributed by atoms with E-state index in [0.29, 0.717) is 5.76 Å². The fourth-order valence-corrected chi connectivity index (χ4v) is 0.980. The molecule has 0 spiro atoms. The molecule has 0 aromatic carbocycles. The second-order valence-corrected chi connectivity index (χ2v) is 2.79. The second kappa shape index (κ2) is 2.92. The van der Waals surface area contributed by atoms with Crippen LogP contribution in [0.1, 0.15) is 17.5 Å². The molecule has 0 amide bonds. The van der Waals surface area contributed by atoms with Crippen LogP contribution in [0, 0.1) is 0 Å². The topological polar surface area (TPSA) is 30.2 Å². The van der Waals surface area contributed by atoms with Gasteiger partial charge in [0.15, 0.2) is 11.5 Å². The number of thioether (sulfide) groups is 1. The van der Waals surface area contributed by atoms with Crippen LogP contribution >= 0.6 is 11.8 Å². The first-order chi connectivity index (χ1) is 4.74. The molecule has 1 aromatic heterocycles. The summed E-state index contributed by atoms with van der Waals surface area (Å²) in [5, 5.41) is 0. The number of ketones is 1. The van der Waals surface area contributed by atoms with Crippen LogP contribution in [0.2, 0.25) is 0 Å². The molecule has 3 heteroatoms. The van der Waals surface area contributed by atoms with E-state index in [2.05, 4.69) is 0 Å². The Balaban J connectivity index is 2.88. The van der Waals surface area contributed by atoms with Crippen molar-refractivity contribution < 1.29 is 9.21 Å². The standard InChI is InChI=1S/C7H8O2S/c1-5(8)7-3-6(10-2)4-9-7/h3-4H,1-2H3. The Labute approximate surface area is 63.6 Å². The Morgan fingerprint density at radius 3 is 2.70 bits per heavy atom. The first-order valence-corrected chi connectivity index (χ1v) is 4.10. The number of Topliss-reactive ketones (excluding diaryl/α,β-unsaturated/α-hetero) is 1. The van der Waals surface area contributed by atoms with Crippen molar-refractivity contribution in [2.75, 3.05) is 6.26 Å². The summed E-state index contributed by atoms with van der Waals surface area (Å²) in [4.78, 5) is 11.7. The summed E-state index contributed by atoms with van der Waals surface area (Å²) >= 11 is 1.56. The molecule has 0 bridgehead atoms. The second-order valence-electron chi connectivity index (χ2n) is 1.91. The fraction of sp³-hybridized carbons (Fsp3) is 0.286. The highest BCUT2D eigenvalue weighted by molar-refractivity contribution is 7.98. The van der Waals surface area contributed by atoms with Gasteiger partial charge in [-0.05, 0) is 6.26 Å². The molecule has 0 fully saturated rings. The van der Waals surface area contributed by atoms with Crippen LogP contribution < -0.4 is 0 Å². The van der Waals surface area contributed by atoms with E-state index >= 15 is 0 Å². The third-order valence-corrected chi connectivity index (χ3v) is 1.84. The van der Waals surface area contributed by atoms with Gasteiger partial charge in [-0.25, -0.2) is 0 Å². The van der Waals surface area contributed by atoms with Gasteiger partial charge >= 0.3 is 0 Å². The first-order valence-electron chi connectivity index (χ1n) is 2.87. The molecule has 0 unspecified atom stereocenters. The molecule has 2 nitrogen and oxygen atoms in total. The zero-order valence-corrected chi connectivity index (χ0v) is 6.70. The third kappa shape index (κ3) is 1.42. The highest BCUT2D eigenvalue weighted by Gasteiger charge is 2.03. The molecule has 0 aliphatic rings. The maximum absolute atomic E-state index is 10.7. The van der Waals surface area contributed by atoms with E-state index in [-0.39, 0.29) is 5.78 Å². The van der Waals surface area contributed by atoms with E-state index in [0.717, 1.165) is 4.90 Å². The quantitative estimate of drug-likeness (QED) is 0.485. The predicted molar refractivity (Wildman–Crippen MR) is 40.5 cm³/mol. The number of carbonyl (C=O) groups excluding carboxylic acids is 1. The van der Waals surface area contributed by atoms with Crippen molar-refractivity contribution in [2.24, 2.45) is 0 Å². The van der Waals surface area contributed by atoms with Crippen LogP contribution in [0.25, 0.3) is 0 Å². The van der Waals surface area contributed by atoms with Gasteiger partial charge in [0.25, 0.3) is 0 Å². The minimum absolute atomic E-state index is 0.0275. The fourth-order valence-electron chi connectivity index (χ4n) is 0.610. The van der Waals surface area contributed by atoms with Crippen LogP contribution in [-0.2, 0) is 0 Å². The van der Waals surface area contributed by atoms with E-state index in [9.17, 15) is 4.79 Å². The average Bonchev–Trinajstić information content (AvgIpc) is 2.34. The van der Waals surface area contributed by atoms with Crippen molar-refractivity contribution in [3.05, 3.63) is 18.1 Å². The molecule has 1 rings (SSSR count). The molecule has 54 valence electrons. The largest absolute Gasteiger partial charge is 0.460 e. The Hall–Kier alpha value is -0.700. The SMILES string of the molecule is CSc1coc(C(C)=O)c1. The van der Waals surface area contributed by atoms with Gasteiger partial charge in [-0.15, -0.1) is 11.8 Å². The van der Waals surface area contributed by atoms with Crippen LogP contribution in [0.3, 0.4) is 0 Å². The molecular formula is C7H8O2S. The van der Waals surface area contributed by atoms with E-state index in [1.807, 2.05) is 6.26 Å². The normalized spacial score (nSPS) is 9.80. The molecule has 0 aliphatic carbocycles. The van der Waals surface area contributed by atoms with E-state index in [4.69, 9.17) is 4.42 Å². The highest BCUT2D eigenvalue weighted by atomic mass is 32.2. The highest BCUT2D eigenvalue weighted by Crippen LogP contribution is 2.17. The van der Waals surface area contributed by atoms with Crippen LogP contribution in [0.4, 0.5) is 0 Å². The summed E-state index contributed by atoms with van der Waals surface area (Å²) in [6, 6.07) is 1.74. The Morgan fingerprint density at radius 2 is 2.40 bits per heavy atom. The minimum atomic E-state index is -0.0275. The maximum Gasteiger partial charge on any atom is 0.194 e. The lowest BCUT2D eigenvalue weighted by atomic mass is 10.3. The van der Waals surface area contributed by atoms with Crippen LogP contribution in [-0.4, -0.2) is 12.0 Å². The Morgan fingerprint density at radius 1 is 1.70 bits per heavy atom. The summed E-state index contributed by atoms with van der Waals surface area (Å²) in [6.45, 7) is 1.49. The van der Waals surface area contributed by atoms with Crippen molar-refractivity contribution in [2.45, 2.75) is 11.8 Å². The maximum atomic E-state index is 10.7. The molecule has 0 atom stereocenters. The Kier molecular flexibility index (Phi) is 2.17. The molecule has 1 aromatic rings. The van der Waals surface area contributed by atoms with Gasteiger partial charge in [0.2, 0.25) is 0 Å². The van der Waals surface area contributed by atoms with Crippen molar-refractivity contribution in [3.8, 4) is 0 Å². The molecule has 1 heterocycles. The summed E-state index contributed by atoms with van der Waals surface area (Å²) in [6.07, 6.45) is 3.52. The van der Waals surface area contributed by atoms with E-state index < -0.39 is 0 Å². The minimum Gasteiger partial charge on any atom is -0.460 e. The lowest BCUT2D eigenvalue weighted by molar-refractivity contribution is 0.0987. The predicted octanol–water partition coefficient (Wildman–Crippen LogP) is 2.20. The van der Waals surface area contributed by atoms with Gasteiger partial charge in [-0.1, -0.05) is 0 Å². The third-order valence-electron chi connectivity index (χ3n) is 1.16. The van der Waals surface area contributed by atoms with Crippen molar-refractivity contribution in [3.63, 3.8) is 0 Å². The molecule has 0 N–H and O–H groups in total. The zero-order chi connectivity index (χ0) is 7.56. The summed E-state index contributed by atoms with van der Waals surface area (Å²) in [5.74, 6) is 0.407. The number of hydrogen-bond donors (Lipinski definition) is 0. The first kappa shape index (κ1) is 7.41. The molecule has 0 aliphatic heterocycles. The molecule has 0 saturated heterocycles. The smallest absolute Gasteiger partial charge is 0.194 e. The number of rotatable bonds is 2. The monoisotopic (exact) mass is 156 g/mol. The molecule has 0 saturated carbocycles. The van der Waals surface area contributed by atoms with Gasteiger partial charge in [-0.2, -0.15) is 0 Å². The molecule has 10 heavy (non-hydrogen) atoms. The summed E-state index contributed by atoms with van der Waals surface area (Å²) in [7, 11) is 0. The zero-order valence-electron chi connectivity index (χ0n) is 5.88. The van der Waals surface area contributed by atoms with Crippen molar-refractivity contribution >= 4 is 17.5 Å². The van der Waals surface area contributed by atoms with Crippen LogP contribution in [0.5, 0.6) is 0 Å². The lowest BCUT2D eigenvalue weighted by Crippen LogP contribution is -1.85. The van der Waals surface area contributed by atoms with Crippen LogP contribution in [0.15, 0.2) is 21.6 Å². The summed E-state index contributed by atoms with van der Waals surface area (Å²) < 4.78 is 4.95. The van der Waals surface area contributed by atoms with E-state index in [1.54, 1.807) is 24.1 Å². The van der Waals surface area contributed by atoms with Gasteiger partial charge in [0, 0.05) is 17.9 Å². The van der Waals surface area contributed by atoms with Gasteiger partial charge < -0.3 is 4.42 Å². The van der Waals surface area contributed by atoms with Gasteiger partial charge in [0.05, 0.1) is 0 Å². The van der Waals surface area contributed by atoms with E-state index in [1.165, 1.54) is 6.92 Å². The molecular weight excluding hydrogens is 148 g/mol. The molecule has 0 radical (unpaired) electrons. The van der Waals surface area contributed by atoms with Gasteiger partial charge in [0.1, 0.15) is 6.26 Å².